The number of nitrogens with two attached hydrogens (primary N) is 4. The second-order valence-corrected chi connectivity index (χ2v) is 11.0. The van der Waals surface area contributed by atoms with E-state index in [9.17, 15) is 29.4 Å². The number of phenolic OH excluding ortho intramolecular Hbond substituents is 2. The van der Waals surface area contributed by atoms with Crippen LogP contribution in [0.25, 0.3) is 0 Å². The van der Waals surface area contributed by atoms with Gasteiger partial charge in [0, 0.05) is 31.3 Å². The zero-order valence-corrected chi connectivity index (χ0v) is 26.2. The zero-order valence-electron chi connectivity index (χ0n) is 26.2. The first-order valence-corrected chi connectivity index (χ1v) is 15.6. The summed E-state index contributed by atoms with van der Waals surface area (Å²) in [7, 11) is 0. The fraction of sp³-hybridized carbons (Fsp3) is 0.633. The molecule has 0 aliphatic rings. The van der Waals surface area contributed by atoms with Gasteiger partial charge in [-0.3, -0.25) is 24.2 Å². The molecule has 0 radical (unpaired) electrons. The largest absolute Gasteiger partial charge is 0.508 e. The predicted molar refractivity (Wildman–Crippen MR) is 173 cm³/mol. The van der Waals surface area contributed by atoms with Crippen LogP contribution in [0.15, 0.2) is 23.2 Å². The second-order valence-electron chi connectivity index (χ2n) is 11.0. The quantitative estimate of drug-likeness (QED) is 0.0367. The van der Waals surface area contributed by atoms with E-state index in [0.717, 1.165) is 70.5 Å². The molecule has 1 rings (SSSR count). The monoisotopic (exact) mass is 635 g/mol. The number of benzene rings is 1. The Kier molecular flexibility index (Phi) is 20.1. The molecule has 0 saturated carbocycles. The molecular weight excluding hydrogens is 582 g/mol. The Bertz CT molecular complexity index is 1080. The normalized spacial score (nSPS) is 12.1. The number of primary amides is 1. The standard InChI is InChI=1S/C30H53N9O6/c31-23(10-9-17-38-30(33)34)28(44)36-16-8-7-14-35-13-5-3-1-2-4-6-15-37-29(45)24(20-26(32)42)39-27(43)18-21-11-12-22(40)19-25(21)41/h11-12,19,23-24,35,40-41H,1-10,13-18,20,31H2,(H2,32,42)(H,36,44)(H,37,45)(H,39,43)(H4,33,34,38)/t23-,24-/m0/s1. The van der Waals surface area contributed by atoms with Gasteiger partial charge >= 0.3 is 0 Å². The molecule has 0 heterocycles. The summed E-state index contributed by atoms with van der Waals surface area (Å²) in [6.45, 7) is 3.28. The molecule has 14 N–H and O–H groups in total. The highest BCUT2D eigenvalue weighted by molar-refractivity contribution is 5.92. The number of nitrogens with zero attached hydrogens (tertiary/aromatic N) is 1. The van der Waals surface area contributed by atoms with Crippen molar-refractivity contribution >= 4 is 29.6 Å². The lowest BCUT2D eigenvalue weighted by molar-refractivity contribution is -0.131. The van der Waals surface area contributed by atoms with Gasteiger partial charge in [0.1, 0.15) is 17.5 Å². The first kappa shape index (κ1) is 38.9. The molecule has 0 unspecified atom stereocenters. The molecule has 0 saturated heterocycles. The number of carbonyl (C=O) groups is 4. The minimum Gasteiger partial charge on any atom is -0.508 e. The Labute approximate surface area is 265 Å². The number of nitrogens with one attached hydrogen (secondary N) is 4. The van der Waals surface area contributed by atoms with Crippen LogP contribution in [-0.4, -0.2) is 84.6 Å². The minimum absolute atomic E-state index is 0.0342. The third kappa shape index (κ3) is 19.7. The van der Waals surface area contributed by atoms with E-state index in [4.69, 9.17) is 22.9 Å². The van der Waals surface area contributed by atoms with Gasteiger partial charge in [-0.2, -0.15) is 0 Å². The number of rotatable bonds is 25. The smallest absolute Gasteiger partial charge is 0.243 e. The molecule has 45 heavy (non-hydrogen) atoms. The number of hydrogen-bond acceptors (Lipinski definition) is 9. The van der Waals surface area contributed by atoms with Gasteiger partial charge in [0.2, 0.25) is 23.6 Å². The van der Waals surface area contributed by atoms with Gasteiger partial charge in [-0.25, -0.2) is 0 Å². The third-order valence-electron chi connectivity index (χ3n) is 6.94. The van der Waals surface area contributed by atoms with Crippen molar-refractivity contribution in [3.63, 3.8) is 0 Å². The molecule has 15 nitrogen and oxygen atoms in total. The summed E-state index contributed by atoms with van der Waals surface area (Å²) in [6, 6.07) is 2.18. The molecule has 4 amide bonds. The first-order valence-electron chi connectivity index (χ1n) is 15.6. The Hall–Kier alpha value is -4.11. The fourth-order valence-corrected chi connectivity index (χ4v) is 4.44. The van der Waals surface area contributed by atoms with Gasteiger partial charge in [-0.15, -0.1) is 0 Å². The second kappa shape index (κ2) is 23.3. The van der Waals surface area contributed by atoms with Gasteiger partial charge in [0.25, 0.3) is 0 Å². The SMILES string of the molecule is NC(=O)C[C@H](NC(=O)Cc1ccc(O)cc1O)C(=O)NCCCCCCCCNCCCCNC(=O)[C@@H](N)CCCN=C(N)N. The molecule has 2 atom stereocenters. The van der Waals surface area contributed by atoms with Crippen molar-refractivity contribution in [3.05, 3.63) is 23.8 Å². The maximum absolute atomic E-state index is 12.6. The van der Waals surface area contributed by atoms with Gasteiger partial charge in [-0.05, 0) is 57.7 Å². The number of hydrogen-bond donors (Lipinski definition) is 10. The van der Waals surface area contributed by atoms with Gasteiger partial charge < -0.3 is 54.4 Å². The van der Waals surface area contributed by atoms with E-state index >= 15 is 0 Å². The van der Waals surface area contributed by atoms with E-state index in [1.807, 2.05) is 0 Å². The van der Waals surface area contributed by atoms with Crippen LogP contribution in [0.3, 0.4) is 0 Å². The molecule has 0 fully saturated rings. The summed E-state index contributed by atoms with van der Waals surface area (Å²) in [4.78, 5) is 52.2. The Morgan fingerprint density at radius 1 is 0.778 bits per heavy atom. The van der Waals surface area contributed by atoms with Crippen LogP contribution in [0.1, 0.15) is 76.2 Å². The summed E-state index contributed by atoms with van der Waals surface area (Å²) in [5, 5.41) is 30.8. The van der Waals surface area contributed by atoms with Gasteiger partial charge in [0.15, 0.2) is 5.96 Å². The summed E-state index contributed by atoms with van der Waals surface area (Å²) >= 11 is 0. The summed E-state index contributed by atoms with van der Waals surface area (Å²) < 4.78 is 0. The van der Waals surface area contributed by atoms with Crippen molar-refractivity contribution in [1.82, 2.24) is 21.3 Å². The molecule has 0 spiro atoms. The molecule has 0 bridgehead atoms. The number of guanidine groups is 1. The Morgan fingerprint density at radius 3 is 1.98 bits per heavy atom. The number of phenols is 2. The molecule has 1 aromatic carbocycles. The van der Waals surface area contributed by atoms with Crippen LogP contribution in [0.4, 0.5) is 0 Å². The van der Waals surface area contributed by atoms with Gasteiger partial charge in [-0.1, -0.05) is 31.7 Å². The summed E-state index contributed by atoms with van der Waals surface area (Å²) in [5.41, 5.74) is 21.9. The summed E-state index contributed by atoms with van der Waals surface area (Å²) in [6.07, 6.45) is 8.41. The Balaban J connectivity index is 2.05. The van der Waals surface area contributed by atoms with Crippen LogP contribution < -0.4 is 44.2 Å². The molecule has 254 valence electrons. The van der Waals surface area contributed by atoms with Crippen LogP contribution in [0, 0.1) is 0 Å². The van der Waals surface area contributed by atoms with E-state index in [1.54, 1.807) is 0 Å². The topological polar surface area (TPSA) is 273 Å². The molecule has 0 aromatic heterocycles. The lowest BCUT2D eigenvalue weighted by Crippen LogP contribution is -2.49. The van der Waals surface area contributed by atoms with E-state index in [1.165, 1.54) is 12.1 Å². The number of amides is 4. The van der Waals surface area contributed by atoms with E-state index < -0.39 is 29.8 Å². The number of aromatic hydroxyl groups is 2. The van der Waals surface area contributed by atoms with E-state index in [0.29, 0.717) is 32.5 Å². The third-order valence-corrected chi connectivity index (χ3v) is 6.94. The average molecular weight is 636 g/mol. The molecule has 0 aliphatic heterocycles. The maximum Gasteiger partial charge on any atom is 0.243 e. The highest BCUT2D eigenvalue weighted by Gasteiger charge is 2.23. The van der Waals surface area contributed by atoms with Crippen molar-refractivity contribution in [3.8, 4) is 11.5 Å². The van der Waals surface area contributed by atoms with E-state index in [-0.39, 0.29) is 41.8 Å². The molecule has 15 heteroatoms. The van der Waals surface area contributed by atoms with Crippen molar-refractivity contribution in [2.45, 2.75) is 89.1 Å². The number of aliphatic imine (C=N–C) groups is 1. The Morgan fingerprint density at radius 2 is 1.36 bits per heavy atom. The van der Waals surface area contributed by atoms with Crippen molar-refractivity contribution in [2.75, 3.05) is 32.7 Å². The van der Waals surface area contributed by atoms with Crippen LogP contribution >= 0.6 is 0 Å². The molecule has 0 aliphatic carbocycles. The average Bonchev–Trinajstić information content (AvgIpc) is 2.97. The highest BCUT2D eigenvalue weighted by Crippen LogP contribution is 2.22. The molecule has 1 aromatic rings. The van der Waals surface area contributed by atoms with Crippen molar-refractivity contribution in [1.29, 1.82) is 0 Å². The summed E-state index contributed by atoms with van der Waals surface area (Å²) in [5.74, 6) is -2.29. The maximum atomic E-state index is 12.6. The van der Waals surface area contributed by atoms with Gasteiger partial charge in [0.05, 0.1) is 18.9 Å². The van der Waals surface area contributed by atoms with Crippen molar-refractivity contribution < 1.29 is 29.4 Å². The van der Waals surface area contributed by atoms with Crippen LogP contribution in [0.5, 0.6) is 11.5 Å². The first-order chi connectivity index (χ1) is 21.5. The minimum atomic E-state index is -1.11. The number of unbranched alkanes of at least 4 members (excludes halogenated alkanes) is 6. The van der Waals surface area contributed by atoms with E-state index in [2.05, 4.69) is 26.3 Å². The predicted octanol–water partition coefficient (Wildman–Crippen LogP) is -0.676. The lowest BCUT2D eigenvalue weighted by Gasteiger charge is -2.17. The van der Waals surface area contributed by atoms with Crippen molar-refractivity contribution in [2.24, 2.45) is 27.9 Å². The van der Waals surface area contributed by atoms with Crippen LogP contribution in [0.2, 0.25) is 0 Å². The van der Waals surface area contributed by atoms with Crippen LogP contribution in [-0.2, 0) is 25.6 Å². The number of carbonyl (C=O) groups excluding carboxylic acids is 4. The molecular formula is C30H53N9O6. The fourth-order valence-electron chi connectivity index (χ4n) is 4.44. The zero-order chi connectivity index (χ0) is 33.5. The highest BCUT2D eigenvalue weighted by atomic mass is 16.3. The lowest BCUT2D eigenvalue weighted by atomic mass is 10.1.